The quantitative estimate of drug-likeness (QED) is 0.662. The van der Waals surface area contributed by atoms with E-state index in [-0.39, 0.29) is 17.7 Å². The maximum Gasteiger partial charge on any atom is 0.227 e. The Balaban J connectivity index is 1.36. The van der Waals surface area contributed by atoms with E-state index in [4.69, 9.17) is 4.74 Å². The average Bonchev–Trinajstić information content (AvgIpc) is 2.83. The number of fused-ring (bicyclic) bond motifs is 1. The number of methoxy groups -OCH3 is 1. The number of hydrogen-bond acceptors (Lipinski definition) is 3. The van der Waals surface area contributed by atoms with Crippen molar-refractivity contribution in [2.75, 3.05) is 20.2 Å². The molecule has 0 spiro atoms. The predicted molar refractivity (Wildman–Crippen MR) is 122 cm³/mol. The van der Waals surface area contributed by atoms with Crippen LogP contribution in [0.5, 0.6) is 5.75 Å². The highest BCUT2D eigenvalue weighted by Crippen LogP contribution is 2.22. The van der Waals surface area contributed by atoms with Crippen LogP contribution in [0.4, 0.5) is 0 Å². The van der Waals surface area contributed by atoms with Gasteiger partial charge in [-0.2, -0.15) is 0 Å². The molecule has 3 aromatic rings. The van der Waals surface area contributed by atoms with E-state index in [0.29, 0.717) is 26.1 Å². The molecule has 1 aliphatic heterocycles. The van der Waals surface area contributed by atoms with E-state index >= 15 is 0 Å². The van der Waals surface area contributed by atoms with Gasteiger partial charge in [-0.05, 0) is 46.9 Å². The second-order valence-electron chi connectivity index (χ2n) is 8.06. The van der Waals surface area contributed by atoms with Crippen molar-refractivity contribution in [3.63, 3.8) is 0 Å². The molecule has 1 atom stereocenters. The Hall–Kier alpha value is -3.34. The number of amides is 2. The molecule has 5 nitrogen and oxygen atoms in total. The van der Waals surface area contributed by atoms with Crippen molar-refractivity contribution in [3.8, 4) is 5.75 Å². The lowest BCUT2D eigenvalue weighted by Crippen LogP contribution is -2.45. The van der Waals surface area contributed by atoms with Crippen LogP contribution in [0.2, 0.25) is 0 Å². The van der Waals surface area contributed by atoms with Gasteiger partial charge in [-0.15, -0.1) is 0 Å². The zero-order valence-corrected chi connectivity index (χ0v) is 17.8. The second kappa shape index (κ2) is 9.65. The fraction of sp³-hybridized carbons (Fsp3) is 0.308. The van der Waals surface area contributed by atoms with Crippen molar-refractivity contribution in [2.24, 2.45) is 5.92 Å². The highest BCUT2D eigenvalue weighted by Gasteiger charge is 2.28. The first-order valence-electron chi connectivity index (χ1n) is 10.8. The van der Waals surface area contributed by atoms with Gasteiger partial charge in [0.25, 0.3) is 0 Å². The molecular weight excluding hydrogens is 388 g/mol. The lowest BCUT2D eigenvalue weighted by Gasteiger charge is -2.32. The van der Waals surface area contributed by atoms with Gasteiger partial charge in [-0.1, -0.05) is 54.6 Å². The molecule has 160 valence electrons. The van der Waals surface area contributed by atoms with Crippen LogP contribution in [0.15, 0.2) is 66.7 Å². The Labute approximate surface area is 183 Å². The van der Waals surface area contributed by atoms with Gasteiger partial charge in [0.15, 0.2) is 0 Å². The fourth-order valence-corrected chi connectivity index (χ4v) is 4.25. The predicted octanol–water partition coefficient (Wildman–Crippen LogP) is 3.95. The molecule has 1 heterocycles. The normalized spacial score (nSPS) is 16.2. The largest absolute Gasteiger partial charge is 0.497 e. The molecule has 5 heteroatoms. The summed E-state index contributed by atoms with van der Waals surface area (Å²) in [5.74, 6) is 0.692. The van der Waals surface area contributed by atoms with Gasteiger partial charge in [-0.3, -0.25) is 9.59 Å². The van der Waals surface area contributed by atoms with Crippen LogP contribution in [0, 0.1) is 5.92 Å². The highest BCUT2D eigenvalue weighted by molar-refractivity contribution is 5.90. The van der Waals surface area contributed by atoms with E-state index in [1.165, 1.54) is 0 Å². The Morgan fingerprint density at radius 1 is 1.06 bits per heavy atom. The topological polar surface area (TPSA) is 58.6 Å². The van der Waals surface area contributed by atoms with Gasteiger partial charge in [0.05, 0.1) is 19.4 Å². The average molecular weight is 417 g/mol. The third-order valence-corrected chi connectivity index (χ3v) is 5.97. The first kappa shape index (κ1) is 20.9. The SMILES string of the molecule is COc1cccc(CNC(=O)[C@@H]2CCCN(C(=O)Cc3cccc4ccccc34)C2)c1. The molecule has 0 aliphatic carbocycles. The molecule has 1 fully saturated rings. The third kappa shape index (κ3) is 5.05. The van der Waals surface area contributed by atoms with Crippen LogP contribution < -0.4 is 10.1 Å². The molecular formula is C26H28N2O3. The number of piperidine rings is 1. The highest BCUT2D eigenvalue weighted by atomic mass is 16.5. The van der Waals surface area contributed by atoms with Gasteiger partial charge in [0.2, 0.25) is 11.8 Å². The minimum absolute atomic E-state index is 0.00507. The van der Waals surface area contributed by atoms with Crippen molar-refractivity contribution >= 4 is 22.6 Å². The molecule has 0 saturated carbocycles. The molecule has 3 aromatic carbocycles. The molecule has 1 aliphatic rings. The van der Waals surface area contributed by atoms with Crippen molar-refractivity contribution in [1.82, 2.24) is 10.2 Å². The van der Waals surface area contributed by atoms with Gasteiger partial charge in [-0.25, -0.2) is 0 Å². The van der Waals surface area contributed by atoms with Crippen molar-refractivity contribution in [1.29, 1.82) is 0 Å². The van der Waals surface area contributed by atoms with E-state index < -0.39 is 0 Å². The van der Waals surface area contributed by atoms with E-state index in [2.05, 4.69) is 23.5 Å². The first-order valence-corrected chi connectivity index (χ1v) is 10.8. The summed E-state index contributed by atoms with van der Waals surface area (Å²) in [7, 11) is 1.63. The molecule has 0 radical (unpaired) electrons. The van der Waals surface area contributed by atoms with Crippen LogP contribution in [0.1, 0.15) is 24.0 Å². The minimum atomic E-state index is -0.171. The Morgan fingerprint density at radius 2 is 1.87 bits per heavy atom. The summed E-state index contributed by atoms with van der Waals surface area (Å²) in [6, 6.07) is 21.9. The Bertz CT molecular complexity index is 1070. The lowest BCUT2D eigenvalue weighted by atomic mass is 9.95. The van der Waals surface area contributed by atoms with E-state index in [1.54, 1.807) is 7.11 Å². The number of likely N-dealkylation sites (tertiary alicyclic amines) is 1. The summed E-state index contributed by atoms with van der Waals surface area (Å²) in [6.07, 6.45) is 2.01. The molecule has 1 saturated heterocycles. The van der Waals surface area contributed by atoms with Crippen LogP contribution in [0.25, 0.3) is 10.8 Å². The van der Waals surface area contributed by atoms with E-state index in [0.717, 1.165) is 40.5 Å². The Kier molecular flexibility index (Phi) is 6.51. The Morgan fingerprint density at radius 3 is 2.74 bits per heavy atom. The molecule has 31 heavy (non-hydrogen) atoms. The molecule has 0 unspecified atom stereocenters. The zero-order valence-electron chi connectivity index (χ0n) is 17.8. The third-order valence-electron chi connectivity index (χ3n) is 5.97. The number of nitrogens with one attached hydrogen (secondary N) is 1. The van der Waals surface area contributed by atoms with Gasteiger partial charge >= 0.3 is 0 Å². The number of carbonyl (C=O) groups is 2. The number of hydrogen-bond donors (Lipinski definition) is 1. The summed E-state index contributed by atoms with van der Waals surface area (Å²) in [5.41, 5.74) is 2.03. The van der Waals surface area contributed by atoms with Crippen LogP contribution in [0.3, 0.4) is 0 Å². The molecule has 4 rings (SSSR count). The van der Waals surface area contributed by atoms with E-state index in [1.807, 2.05) is 53.4 Å². The van der Waals surface area contributed by atoms with Gasteiger partial charge in [0, 0.05) is 19.6 Å². The number of rotatable bonds is 6. The number of benzene rings is 3. The first-order chi connectivity index (χ1) is 15.1. The summed E-state index contributed by atoms with van der Waals surface area (Å²) in [4.78, 5) is 27.6. The van der Waals surface area contributed by atoms with E-state index in [9.17, 15) is 9.59 Å². The monoisotopic (exact) mass is 416 g/mol. The zero-order chi connectivity index (χ0) is 21.6. The minimum Gasteiger partial charge on any atom is -0.497 e. The standard InChI is InChI=1S/C26H28N2O3/c1-31-23-12-4-7-19(15-23)17-27-26(30)22-11-6-14-28(18-22)25(29)16-21-10-5-9-20-8-2-3-13-24(20)21/h2-5,7-10,12-13,15,22H,6,11,14,16-18H2,1H3,(H,27,30)/t22-/m1/s1. The van der Waals surface area contributed by atoms with Gasteiger partial charge < -0.3 is 15.0 Å². The van der Waals surface area contributed by atoms with Crippen LogP contribution in [-0.2, 0) is 22.6 Å². The molecule has 0 aromatic heterocycles. The van der Waals surface area contributed by atoms with Crippen molar-refractivity contribution < 1.29 is 14.3 Å². The maximum atomic E-state index is 13.0. The maximum absolute atomic E-state index is 13.0. The number of carbonyl (C=O) groups excluding carboxylic acids is 2. The van der Waals surface area contributed by atoms with Crippen molar-refractivity contribution in [3.05, 3.63) is 77.9 Å². The summed E-state index contributed by atoms with van der Waals surface area (Å²) in [6.45, 7) is 1.65. The number of nitrogens with zero attached hydrogens (tertiary/aromatic N) is 1. The molecule has 2 amide bonds. The van der Waals surface area contributed by atoms with Crippen molar-refractivity contribution in [2.45, 2.75) is 25.8 Å². The van der Waals surface area contributed by atoms with Gasteiger partial charge in [0.1, 0.15) is 5.75 Å². The number of ether oxygens (including phenoxy) is 1. The summed E-state index contributed by atoms with van der Waals surface area (Å²) >= 11 is 0. The van der Waals surface area contributed by atoms with Crippen LogP contribution >= 0.6 is 0 Å². The smallest absolute Gasteiger partial charge is 0.227 e. The molecule has 0 bridgehead atoms. The second-order valence-corrected chi connectivity index (χ2v) is 8.06. The summed E-state index contributed by atoms with van der Waals surface area (Å²) in [5, 5.41) is 5.27. The lowest BCUT2D eigenvalue weighted by molar-refractivity contribution is -0.135. The fourth-order valence-electron chi connectivity index (χ4n) is 4.25. The molecule has 1 N–H and O–H groups in total. The summed E-state index contributed by atoms with van der Waals surface area (Å²) < 4.78 is 5.24. The van der Waals surface area contributed by atoms with Crippen LogP contribution in [-0.4, -0.2) is 36.9 Å².